The average Bonchev–Trinajstić information content (AvgIpc) is 3.30. The Bertz CT molecular complexity index is 873. The van der Waals surface area contributed by atoms with Gasteiger partial charge in [-0.1, -0.05) is 0 Å². The normalized spacial score (nSPS) is 22.2. The fourth-order valence-electron chi connectivity index (χ4n) is 3.82. The number of rotatable bonds is 4. The van der Waals surface area contributed by atoms with Gasteiger partial charge in [-0.2, -0.15) is 5.10 Å². The molecule has 0 radical (unpaired) electrons. The Morgan fingerprint density at radius 3 is 2.50 bits per heavy atom. The molecule has 7 nitrogen and oxygen atoms in total. The first-order valence-corrected chi connectivity index (χ1v) is 9.26. The fourth-order valence-corrected chi connectivity index (χ4v) is 3.82. The van der Waals surface area contributed by atoms with Crippen molar-refractivity contribution >= 4 is 17.8 Å². The van der Waals surface area contributed by atoms with Crippen molar-refractivity contribution in [3.05, 3.63) is 42.1 Å². The monoisotopic (exact) mass is 390 g/mol. The number of cyclic esters (lactones) is 1. The molecule has 0 unspecified atom stereocenters. The lowest BCUT2D eigenvalue weighted by Gasteiger charge is -2.32. The topological polar surface area (TPSA) is 76.5 Å². The number of hydrogen-bond acceptors (Lipinski definition) is 4. The summed E-state index contributed by atoms with van der Waals surface area (Å²) in [5.41, 5.74) is 0.232. The molecule has 9 heteroatoms. The number of halogens is 2. The van der Waals surface area contributed by atoms with Gasteiger partial charge in [-0.15, -0.1) is 0 Å². The molecule has 148 valence electrons. The van der Waals surface area contributed by atoms with E-state index in [0.717, 1.165) is 31.0 Å². The summed E-state index contributed by atoms with van der Waals surface area (Å²) in [4.78, 5) is 25.9. The molecule has 2 heterocycles. The number of nitrogens with one attached hydrogen (secondary N) is 1. The summed E-state index contributed by atoms with van der Waals surface area (Å²) >= 11 is 0. The van der Waals surface area contributed by atoms with Crippen molar-refractivity contribution in [3.8, 4) is 5.69 Å². The zero-order chi connectivity index (χ0) is 19.7. The molecule has 1 aliphatic heterocycles. The lowest BCUT2D eigenvalue weighted by atomic mass is 9.85. The van der Waals surface area contributed by atoms with Crippen molar-refractivity contribution in [2.45, 2.75) is 31.7 Å². The maximum absolute atomic E-state index is 13.4. The third kappa shape index (κ3) is 3.83. The van der Waals surface area contributed by atoms with Crippen molar-refractivity contribution in [2.24, 2.45) is 5.92 Å². The molecule has 2 aromatic rings. The molecule has 0 spiro atoms. The van der Waals surface area contributed by atoms with E-state index in [2.05, 4.69) is 10.4 Å². The summed E-state index contributed by atoms with van der Waals surface area (Å²) in [6, 6.07) is 4.81. The van der Waals surface area contributed by atoms with E-state index in [0.29, 0.717) is 31.8 Å². The van der Waals surface area contributed by atoms with E-state index in [9.17, 15) is 18.4 Å². The second kappa shape index (κ2) is 7.57. The van der Waals surface area contributed by atoms with Crippen molar-refractivity contribution < 1.29 is 23.1 Å². The summed E-state index contributed by atoms with van der Waals surface area (Å²) in [6.45, 7) is 1.04. The van der Waals surface area contributed by atoms with Gasteiger partial charge in [0.2, 0.25) is 5.91 Å². The predicted octanol–water partition coefficient (Wildman–Crippen LogP) is 3.10. The van der Waals surface area contributed by atoms with Crippen LogP contribution in [0.1, 0.15) is 25.7 Å². The van der Waals surface area contributed by atoms with Gasteiger partial charge in [0.15, 0.2) is 5.82 Å². The SMILES string of the molecule is O=C1OCCN1[C@H]1CC[C@@H](C(=O)Nc2ccn(-c3cc(F)cc(F)c3)n2)CC1. The molecule has 1 saturated carbocycles. The highest BCUT2D eigenvalue weighted by atomic mass is 19.1. The quantitative estimate of drug-likeness (QED) is 0.870. The highest BCUT2D eigenvalue weighted by Gasteiger charge is 2.34. The molecule has 1 saturated heterocycles. The number of aromatic nitrogens is 2. The Balaban J connectivity index is 1.34. The highest BCUT2D eigenvalue weighted by molar-refractivity contribution is 5.91. The number of nitrogens with zero attached hydrogens (tertiary/aromatic N) is 3. The van der Waals surface area contributed by atoms with E-state index in [1.807, 2.05) is 0 Å². The molecule has 0 atom stereocenters. The molecule has 1 aromatic carbocycles. The molecule has 1 aliphatic carbocycles. The molecule has 1 aromatic heterocycles. The van der Waals surface area contributed by atoms with Crippen molar-refractivity contribution in [3.63, 3.8) is 0 Å². The maximum atomic E-state index is 13.4. The van der Waals surface area contributed by atoms with Crippen molar-refractivity contribution in [2.75, 3.05) is 18.5 Å². The van der Waals surface area contributed by atoms with Crippen LogP contribution < -0.4 is 5.32 Å². The molecule has 0 bridgehead atoms. The standard InChI is InChI=1S/C19H20F2N4O3/c20-13-9-14(21)11-16(10-13)25-6-5-17(23-25)22-18(26)12-1-3-15(4-2-12)24-7-8-28-19(24)27/h5-6,9-12,15H,1-4,7-8H2,(H,22,23,26)/t12-,15+. The Kier molecular flexibility index (Phi) is 4.97. The smallest absolute Gasteiger partial charge is 0.410 e. The highest BCUT2D eigenvalue weighted by Crippen LogP contribution is 2.30. The van der Waals surface area contributed by atoms with E-state index in [-0.39, 0.29) is 29.6 Å². The first-order valence-electron chi connectivity index (χ1n) is 9.26. The minimum Gasteiger partial charge on any atom is -0.448 e. The number of carbonyl (C=O) groups is 2. The average molecular weight is 390 g/mol. The molecule has 1 N–H and O–H groups in total. The van der Waals surface area contributed by atoms with Crippen LogP contribution >= 0.6 is 0 Å². The van der Waals surface area contributed by atoms with Crippen LogP contribution in [0.2, 0.25) is 0 Å². The molecular formula is C19H20F2N4O3. The summed E-state index contributed by atoms with van der Waals surface area (Å²) in [5.74, 6) is -1.38. The zero-order valence-electron chi connectivity index (χ0n) is 15.1. The largest absolute Gasteiger partial charge is 0.448 e. The fraction of sp³-hybridized carbons (Fsp3) is 0.421. The van der Waals surface area contributed by atoms with E-state index < -0.39 is 11.6 Å². The van der Waals surface area contributed by atoms with Gasteiger partial charge in [0, 0.05) is 30.3 Å². The number of amides is 2. The van der Waals surface area contributed by atoms with Crippen molar-refractivity contribution in [1.82, 2.24) is 14.7 Å². The van der Waals surface area contributed by atoms with Gasteiger partial charge >= 0.3 is 6.09 Å². The first kappa shape index (κ1) is 18.4. The van der Waals surface area contributed by atoms with Crippen LogP contribution in [0.25, 0.3) is 5.69 Å². The summed E-state index contributed by atoms with van der Waals surface area (Å²) in [6.07, 6.45) is 4.12. The summed E-state index contributed by atoms with van der Waals surface area (Å²) in [7, 11) is 0. The summed E-state index contributed by atoms with van der Waals surface area (Å²) in [5, 5.41) is 6.93. The molecule has 28 heavy (non-hydrogen) atoms. The van der Waals surface area contributed by atoms with Crippen molar-refractivity contribution in [1.29, 1.82) is 0 Å². The number of anilines is 1. The lowest BCUT2D eigenvalue weighted by Crippen LogP contribution is -2.40. The Morgan fingerprint density at radius 2 is 1.86 bits per heavy atom. The molecule has 4 rings (SSSR count). The second-order valence-electron chi connectivity index (χ2n) is 7.08. The van der Waals surface area contributed by atoms with Crippen LogP contribution in [-0.4, -0.2) is 45.9 Å². The van der Waals surface area contributed by atoms with Gasteiger partial charge in [-0.05, 0) is 37.8 Å². The molecule has 2 aliphatic rings. The Hall–Kier alpha value is -2.97. The van der Waals surface area contributed by atoms with Crippen LogP contribution in [0.15, 0.2) is 30.5 Å². The Morgan fingerprint density at radius 1 is 1.14 bits per heavy atom. The second-order valence-corrected chi connectivity index (χ2v) is 7.08. The number of hydrogen-bond donors (Lipinski definition) is 1. The lowest BCUT2D eigenvalue weighted by molar-refractivity contribution is -0.121. The van der Waals surface area contributed by atoms with E-state index >= 15 is 0 Å². The molecule has 2 amide bonds. The van der Waals surface area contributed by atoms with Crippen LogP contribution in [0.3, 0.4) is 0 Å². The van der Waals surface area contributed by atoms with Crippen LogP contribution in [-0.2, 0) is 9.53 Å². The number of ether oxygens (including phenoxy) is 1. The Labute approximate surface area is 160 Å². The number of benzene rings is 1. The third-order valence-electron chi connectivity index (χ3n) is 5.25. The zero-order valence-corrected chi connectivity index (χ0v) is 15.1. The van der Waals surface area contributed by atoms with E-state index in [4.69, 9.17) is 4.74 Å². The predicted molar refractivity (Wildman–Crippen MR) is 95.9 cm³/mol. The van der Waals surface area contributed by atoms with Gasteiger partial charge in [0.05, 0.1) is 12.2 Å². The van der Waals surface area contributed by atoms with Gasteiger partial charge < -0.3 is 15.0 Å². The van der Waals surface area contributed by atoms with Gasteiger partial charge in [-0.3, -0.25) is 4.79 Å². The van der Waals surface area contributed by atoms with E-state index in [1.54, 1.807) is 11.0 Å². The van der Waals surface area contributed by atoms with Gasteiger partial charge in [0.25, 0.3) is 0 Å². The maximum Gasteiger partial charge on any atom is 0.410 e. The summed E-state index contributed by atoms with van der Waals surface area (Å²) < 4.78 is 33.0. The van der Waals surface area contributed by atoms with Crippen LogP contribution in [0.5, 0.6) is 0 Å². The first-order chi connectivity index (χ1) is 13.5. The number of carbonyl (C=O) groups excluding carboxylic acids is 2. The van der Waals surface area contributed by atoms with Crippen LogP contribution in [0, 0.1) is 17.6 Å². The minimum atomic E-state index is -0.699. The van der Waals surface area contributed by atoms with Gasteiger partial charge in [0.1, 0.15) is 18.2 Å². The third-order valence-corrected chi connectivity index (χ3v) is 5.25. The molecular weight excluding hydrogens is 370 g/mol. The minimum absolute atomic E-state index is 0.126. The van der Waals surface area contributed by atoms with Gasteiger partial charge in [-0.25, -0.2) is 18.3 Å². The van der Waals surface area contributed by atoms with Crippen LogP contribution in [0.4, 0.5) is 19.4 Å². The molecule has 2 fully saturated rings. The van der Waals surface area contributed by atoms with E-state index in [1.165, 1.54) is 10.9 Å².